The molecule has 0 spiro atoms. The quantitative estimate of drug-likeness (QED) is 0.817. The first kappa shape index (κ1) is 15.3. The van der Waals surface area contributed by atoms with Crippen molar-refractivity contribution in [1.82, 2.24) is 15.5 Å². The van der Waals surface area contributed by atoms with Crippen LogP contribution >= 0.6 is 0 Å². The first-order chi connectivity index (χ1) is 10.1. The first-order valence-corrected chi connectivity index (χ1v) is 7.21. The highest BCUT2D eigenvalue weighted by molar-refractivity contribution is 5.60. The number of rotatable bonds is 7. The van der Waals surface area contributed by atoms with Crippen molar-refractivity contribution < 1.29 is 4.42 Å². The Bertz CT molecular complexity index is 567. The maximum Gasteiger partial charge on any atom is 0.320 e. The average molecular weight is 289 g/mol. The van der Waals surface area contributed by atoms with Gasteiger partial charge in [-0.2, -0.15) is 0 Å². The highest BCUT2D eigenvalue weighted by Gasteiger charge is 2.13. The first-order valence-electron chi connectivity index (χ1n) is 7.21. The Morgan fingerprint density at radius 1 is 1.29 bits per heavy atom. The van der Waals surface area contributed by atoms with Gasteiger partial charge in [0.25, 0.3) is 0 Å². The Kier molecular flexibility index (Phi) is 5.16. The molecule has 6 nitrogen and oxygen atoms in total. The standard InChI is InChI=1S/C15H23N5O/c1-5-9-16-11(2)14-18-19-15(21-14)17-12-7-6-8-13(10-12)20(3)4/h6-8,10-11,16H,5,9H2,1-4H3,(H,17,19). The molecule has 2 aromatic rings. The third-order valence-corrected chi connectivity index (χ3v) is 3.13. The van der Waals surface area contributed by atoms with Gasteiger partial charge in [0, 0.05) is 25.5 Å². The molecule has 0 fully saturated rings. The van der Waals surface area contributed by atoms with E-state index in [1.807, 2.05) is 50.2 Å². The fourth-order valence-electron chi connectivity index (χ4n) is 1.89. The topological polar surface area (TPSA) is 66.2 Å². The third-order valence-electron chi connectivity index (χ3n) is 3.13. The van der Waals surface area contributed by atoms with Crippen LogP contribution in [0.4, 0.5) is 17.4 Å². The fraction of sp³-hybridized carbons (Fsp3) is 0.467. The second-order valence-corrected chi connectivity index (χ2v) is 5.19. The highest BCUT2D eigenvalue weighted by atomic mass is 16.4. The lowest BCUT2D eigenvalue weighted by Gasteiger charge is -2.13. The molecule has 1 unspecified atom stereocenters. The second kappa shape index (κ2) is 7.08. The van der Waals surface area contributed by atoms with Gasteiger partial charge in [0.1, 0.15) is 0 Å². The summed E-state index contributed by atoms with van der Waals surface area (Å²) in [4.78, 5) is 2.04. The van der Waals surface area contributed by atoms with Crippen molar-refractivity contribution in [3.8, 4) is 0 Å². The molecule has 0 saturated heterocycles. The normalized spacial score (nSPS) is 12.2. The van der Waals surface area contributed by atoms with E-state index < -0.39 is 0 Å². The summed E-state index contributed by atoms with van der Waals surface area (Å²) in [7, 11) is 4.01. The van der Waals surface area contributed by atoms with Crippen molar-refractivity contribution in [1.29, 1.82) is 0 Å². The van der Waals surface area contributed by atoms with Crippen LogP contribution in [0.3, 0.4) is 0 Å². The Morgan fingerprint density at radius 3 is 2.81 bits per heavy atom. The molecule has 2 N–H and O–H groups in total. The predicted molar refractivity (Wildman–Crippen MR) is 85.1 cm³/mol. The molecule has 1 heterocycles. The van der Waals surface area contributed by atoms with E-state index in [1.165, 1.54) is 0 Å². The predicted octanol–water partition coefficient (Wildman–Crippen LogP) is 2.94. The van der Waals surface area contributed by atoms with E-state index in [0.29, 0.717) is 11.9 Å². The molecule has 114 valence electrons. The van der Waals surface area contributed by atoms with E-state index in [-0.39, 0.29) is 6.04 Å². The molecule has 2 rings (SSSR count). The van der Waals surface area contributed by atoms with E-state index in [0.717, 1.165) is 24.3 Å². The van der Waals surface area contributed by atoms with Crippen LogP contribution in [0.15, 0.2) is 28.7 Å². The van der Waals surface area contributed by atoms with E-state index in [1.54, 1.807) is 0 Å². The fourth-order valence-corrected chi connectivity index (χ4v) is 1.89. The number of aromatic nitrogens is 2. The van der Waals surface area contributed by atoms with Crippen molar-refractivity contribution in [3.05, 3.63) is 30.2 Å². The Labute approximate surface area is 125 Å². The maximum absolute atomic E-state index is 5.64. The molecule has 0 radical (unpaired) electrons. The zero-order valence-electron chi connectivity index (χ0n) is 13.1. The zero-order chi connectivity index (χ0) is 15.2. The van der Waals surface area contributed by atoms with Crippen LogP contribution in [0.2, 0.25) is 0 Å². The Hall–Kier alpha value is -2.08. The summed E-state index contributed by atoms with van der Waals surface area (Å²) < 4.78 is 5.64. The lowest BCUT2D eigenvalue weighted by Crippen LogP contribution is -2.19. The molecule has 1 atom stereocenters. The van der Waals surface area contributed by atoms with Gasteiger partial charge in [0.2, 0.25) is 5.89 Å². The number of nitrogens with zero attached hydrogens (tertiary/aromatic N) is 3. The zero-order valence-corrected chi connectivity index (χ0v) is 13.1. The molecule has 0 aliphatic heterocycles. The summed E-state index contributed by atoms with van der Waals surface area (Å²) >= 11 is 0. The van der Waals surface area contributed by atoms with Gasteiger partial charge in [-0.25, -0.2) is 0 Å². The lowest BCUT2D eigenvalue weighted by molar-refractivity contribution is 0.424. The summed E-state index contributed by atoms with van der Waals surface area (Å²) in [5.74, 6) is 0.592. The summed E-state index contributed by atoms with van der Waals surface area (Å²) in [6, 6.07) is 8.49. The van der Waals surface area contributed by atoms with Crippen LogP contribution in [-0.4, -0.2) is 30.8 Å². The number of benzene rings is 1. The van der Waals surface area contributed by atoms with Gasteiger partial charge in [-0.05, 0) is 38.1 Å². The van der Waals surface area contributed by atoms with Gasteiger partial charge in [-0.15, -0.1) is 5.10 Å². The number of nitrogens with one attached hydrogen (secondary N) is 2. The summed E-state index contributed by atoms with van der Waals surface area (Å²) in [6.07, 6.45) is 1.07. The van der Waals surface area contributed by atoms with Crippen LogP contribution in [0.5, 0.6) is 0 Å². The molecular weight excluding hydrogens is 266 g/mol. The lowest BCUT2D eigenvalue weighted by atomic mass is 10.2. The minimum atomic E-state index is 0.0566. The van der Waals surface area contributed by atoms with Crippen LogP contribution in [0.25, 0.3) is 0 Å². The Morgan fingerprint density at radius 2 is 2.10 bits per heavy atom. The molecule has 0 saturated carbocycles. The molecule has 6 heteroatoms. The van der Waals surface area contributed by atoms with Gasteiger partial charge in [-0.1, -0.05) is 18.1 Å². The number of hydrogen-bond acceptors (Lipinski definition) is 6. The monoisotopic (exact) mass is 289 g/mol. The van der Waals surface area contributed by atoms with E-state index in [4.69, 9.17) is 4.42 Å². The molecular formula is C15H23N5O. The largest absolute Gasteiger partial charge is 0.406 e. The van der Waals surface area contributed by atoms with Gasteiger partial charge >= 0.3 is 6.01 Å². The summed E-state index contributed by atoms with van der Waals surface area (Å²) in [5.41, 5.74) is 2.03. The molecule has 0 amide bonds. The molecule has 0 bridgehead atoms. The highest BCUT2D eigenvalue weighted by Crippen LogP contribution is 2.22. The minimum Gasteiger partial charge on any atom is -0.406 e. The van der Waals surface area contributed by atoms with Crippen molar-refractivity contribution in [2.45, 2.75) is 26.3 Å². The Balaban J connectivity index is 2.03. The smallest absolute Gasteiger partial charge is 0.320 e. The van der Waals surface area contributed by atoms with Crippen molar-refractivity contribution in [2.75, 3.05) is 30.9 Å². The van der Waals surface area contributed by atoms with Gasteiger partial charge < -0.3 is 20.0 Å². The van der Waals surface area contributed by atoms with Crippen molar-refractivity contribution in [3.63, 3.8) is 0 Å². The molecule has 1 aromatic heterocycles. The summed E-state index contributed by atoms with van der Waals surface area (Å²) in [6.45, 7) is 5.06. The van der Waals surface area contributed by atoms with Crippen LogP contribution in [0.1, 0.15) is 32.2 Å². The van der Waals surface area contributed by atoms with Crippen LogP contribution < -0.4 is 15.5 Å². The summed E-state index contributed by atoms with van der Waals surface area (Å²) in [5, 5.41) is 14.6. The van der Waals surface area contributed by atoms with Gasteiger partial charge in [-0.3, -0.25) is 0 Å². The van der Waals surface area contributed by atoms with Crippen LogP contribution in [0, 0.1) is 0 Å². The maximum atomic E-state index is 5.64. The van der Waals surface area contributed by atoms with Gasteiger partial charge in [0.15, 0.2) is 0 Å². The molecule has 0 aliphatic rings. The average Bonchev–Trinajstić information content (AvgIpc) is 2.93. The van der Waals surface area contributed by atoms with E-state index >= 15 is 0 Å². The molecule has 0 aliphatic carbocycles. The van der Waals surface area contributed by atoms with E-state index in [9.17, 15) is 0 Å². The van der Waals surface area contributed by atoms with Crippen molar-refractivity contribution in [2.24, 2.45) is 0 Å². The third kappa shape index (κ3) is 4.19. The minimum absolute atomic E-state index is 0.0566. The second-order valence-electron chi connectivity index (χ2n) is 5.19. The van der Waals surface area contributed by atoms with Crippen molar-refractivity contribution >= 4 is 17.4 Å². The van der Waals surface area contributed by atoms with Crippen LogP contribution in [-0.2, 0) is 0 Å². The number of hydrogen-bond donors (Lipinski definition) is 2. The SMILES string of the molecule is CCCNC(C)c1nnc(Nc2cccc(N(C)C)c2)o1. The molecule has 1 aromatic carbocycles. The number of anilines is 3. The molecule has 21 heavy (non-hydrogen) atoms. The van der Waals surface area contributed by atoms with Gasteiger partial charge in [0.05, 0.1) is 6.04 Å². The van der Waals surface area contributed by atoms with E-state index in [2.05, 4.69) is 27.8 Å².